The minimum atomic E-state index is -4.62. The van der Waals surface area contributed by atoms with Crippen LogP contribution in [0, 0.1) is 5.82 Å². The highest BCUT2D eigenvalue weighted by Gasteiger charge is 2.33. The van der Waals surface area contributed by atoms with E-state index in [2.05, 4.69) is 20.2 Å². The van der Waals surface area contributed by atoms with Crippen molar-refractivity contribution in [3.05, 3.63) is 41.9 Å². The average molecular weight is 395 g/mol. The van der Waals surface area contributed by atoms with Crippen LogP contribution in [0.25, 0.3) is 5.65 Å². The monoisotopic (exact) mass is 395 g/mol. The highest BCUT2D eigenvalue weighted by molar-refractivity contribution is 5.64. The summed E-state index contributed by atoms with van der Waals surface area (Å²) in [5.41, 5.74) is -0.451. The zero-order valence-electron chi connectivity index (χ0n) is 15.0. The van der Waals surface area contributed by atoms with E-state index in [4.69, 9.17) is 0 Å². The molecule has 148 valence electrons. The molecule has 0 aliphatic carbocycles. The zero-order valence-corrected chi connectivity index (χ0v) is 15.0. The first-order valence-electron chi connectivity index (χ1n) is 8.79. The first-order valence-corrected chi connectivity index (χ1v) is 8.79. The Morgan fingerprint density at radius 3 is 2.29 bits per heavy atom. The van der Waals surface area contributed by atoms with E-state index in [0.29, 0.717) is 49.9 Å². The number of aromatic nitrogens is 5. The van der Waals surface area contributed by atoms with Gasteiger partial charge in [-0.2, -0.15) is 13.2 Å². The fraction of sp³-hybridized carbons (Fsp3) is 0.412. The molecule has 0 spiro atoms. The highest BCUT2D eigenvalue weighted by Crippen LogP contribution is 2.31. The zero-order chi connectivity index (χ0) is 19.9. The summed E-state index contributed by atoms with van der Waals surface area (Å²) in [6, 6.07) is 0.486. The van der Waals surface area contributed by atoms with Crippen LogP contribution in [0.5, 0.6) is 0 Å². The van der Waals surface area contributed by atoms with Crippen LogP contribution in [0.3, 0.4) is 0 Å². The molecule has 3 aromatic rings. The summed E-state index contributed by atoms with van der Waals surface area (Å²) in [6.45, 7) is 3.78. The summed E-state index contributed by atoms with van der Waals surface area (Å²) in [5.74, 6) is 0.451. The van der Waals surface area contributed by atoms with Crippen LogP contribution in [-0.4, -0.2) is 50.7 Å². The average Bonchev–Trinajstić information content (AvgIpc) is 3.11. The summed E-state index contributed by atoms with van der Waals surface area (Å²) >= 11 is 0. The second kappa shape index (κ2) is 6.88. The molecule has 1 fully saturated rings. The molecule has 28 heavy (non-hydrogen) atoms. The Bertz CT molecular complexity index is 993. The fourth-order valence-corrected chi connectivity index (χ4v) is 3.27. The van der Waals surface area contributed by atoms with Crippen molar-refractivity contribution in [2.24, 2.45) is 0 Å². The molecule has 1 saturated heterocycles. The van der Waals surface area contributed by atoms with Crippen molar-refractivity contribution in [2.45, 2.75) is 19.5 Å². The Balaban J connectivity index is 1.52. The van der Waals surface area contributed by atoms with Crippen LogP contribution in [0.15, 0.2) is 24.7 Å². The molecule has 1 aliphatic rings. The predicted octanol–water partition coefficient (Wildman–Crippen LogP) is 2.57. The molecular formula is C17H17F4N7. The van der Waals surface area contributed by atoms with Gasteiger partial charge in [-0.3, -0.25) is 4.40 Å². The molecule has 4 heterocycles. The lowest BCUT2D eigenvalue weighted by atomic mass is 10.2. The number of piperazine rings is 1. The number of rotatable bonds is 3. The third-order valence-corrected chi connectivity index (χ3v) is 4.72. The van der Waals surface area contributed by atoms with Gasteiger partial charge in [0.25, 0.3) is 0 Å². The van der Waals surface area contributed by atoms with Gasteiger partial charge in [0.1, 0.15) is 5.82 Å². The third-order valence-electron chi connectivity index (χ3n) is 4.72. The van der Waals surface area contributed by atoms with E-state index < -0.39 is 17.6 Å². The number of nitrogens with zero attached hydrogens (tertiary/aromatic N) is 7. The maximum Gasteiger partial charge on any atom is 0.417 e. The number of fused-ring (bicyclic) bond motifs is 1. The molecule has 0 N–H and O–H groups in total. The topological polar surface area (TPSA) is 62.5 Å². The van der Waals surface area contributed by atoms with Gasteiger partial charge in [-0.05, 0) is 6.07 Å². The minimum absolute atomic E-state index is 0.0745. The Labute approximate surface area is 157 Å². The molecule has 0 radical (unpaired) electrons. The number of aryl methyl sites for hydroxylation is 1. The van der Waals surface area contributed by atoms with E-state index in [1.165, 1.54) is 0 Å². The SMILES string of the molecule is CCc1nnc2c(N3CCN(c4ncc(C(F)(F)F)cc4F)CC3)nccn12. The van der Waals surface area contributed by atoms with Crippen molar-refractivity contribution >= 4 is 17.3 Å². The van der Waals surface area contributed by atoms with Gasteiger partial charge in [-0.1, -0.05) is 6.92 Å². The van der Waals surface area contributed by atoms with Gasteiger partial charge in [-0.15, -0.1) is 10.2 Å². The van der Waals surface area contributed by atoms with E-state index in [-0.39, 0.29) is 5.82 Å². The van der Waals surface area contributed by atoms with Gasteiger partial charge in [0.15, 0.2) is 17.5 Å². The minimum Gasteiger partial charge on any atom is -0.351 e. The molecule has 1 aliphatic heterocycles. The molecule has 0 amide bonds. The Morgan fingerprint density at radius 1 is 1.00 bits per heavy atom. The summed E-state index contributed by atoms with van der Waals surface area (Å²) in [7, 11) is 0. The van der Waals surface area contributed by atoms with Crippen molar-refractivity contribution < 1.29 is 17.6 Å². The summed E-state index contributed by atoms with van der Waals surface area (Å²) in [5, 5.41) is 8.36. The largest absolute Gasteiger partial charge is 0.417 e. The maximum absolute atomic E-state index is 14.2. The number of hydrogen-bond donors (Lipinski definition) is 0. The highest BCUT2D eigenvalue weighted by atomic mass is 19.4. The number of halogens is 4. The molecule has 0 saturated carbocycles. The first-order chi connectivity index (χ1) is 13.4. The molecule has 3 aromatic heterocycles. The van der Waals surface area contributed by atoms with Crippen LogP contribution in [0.4, 0.5) is 29.2 Å². The third kappa shape index (κ3) is 3.20. The van der Waals surface area contributed by atoms with E-state index in [1.54, 1.807) is 17.3 Å². The van der Waals surface area contributed by atoms with Gasteiger partial charge in [0, 0.05) is 51.2 Å². The second-order valence-corrected chi connectivity index (χ2v) is 6.42. The van der Waals surface area contributed by atoms with E-state index in [0.717, 1.165) is 12.2 Å². The molecule has 0 aromatic carbocycles. The van der Waals surface area contributed by atoms with Gasteiger partial charge in [0.05, 0.1) is 5.56 Å². The molecule has 0 atom stereocenters. The van der Waals surface area contributed by atoms with Gasteiger partial charge in [-0.25, -0.2) is 14.4 Å². The van der Waals surface area contributed by atoms with Crippen molar-refractivity contribution in [2.75, 3.05) is 36.0 Å². The fourth-order valence-electron chi connectivity index (χ4n) is 3.27. The molecule has 4 rings (SSSR count). The quantitative estimate of drug-likeness (QED) is 0.636. The number of hydrogen-bond acceptors (Lipinski definition) is 6. The first kappa shape index (κ1) is 18.4. The van der Waals surface area contributed by atoms with Gasteiger partial charge >= 0.3 is 6.18 Å². The van der Waals surface area contributed by atoms with Crippen LogP contribution in [0.1, 0.15) is 18.3 Å². The van der Waals surface area contributed by atoms with Gasteiger partial charge < -0.3 is 9.80 Å². The Hall–Kier alpha value is -2.98. The lowest BCUT2D eigenvalue weighted by Gasteiger charge is -2.36. The summed E-state index contributed by atoms with van der Waals surface area (Å²) in [6.07, 6.45) is 0.252. The predicted molar refractivity (Wildman–Crippen MR) is 93.8 cm³/mol. The van der Waals surface area contributed by atoms with E-state index >= 15 is 0 Å². The summed E-state index contributed by atoms with van der Waals surface area (Å²) < 4.78 is 54.1. The molecule has 0 bridgehead atoms. The van der Waals surface area contributed by atoms with Crippen LogP contribution >= 0.6 is 0 Å². The lowest BCUT2D eigenvalue weighted by molar-refractivity contribution is -0.138. The Morgan fingerprint density at radius 2 is 1.68 bits per heavy atom. The number of pyridine rings is 1. The number of alkyl halides is 3. The Kier molecular flexibility index (Phi) is 4.52. The van der Waals surface area contributed by atoms with Crippen LogP contribution < -0.4 is 9.80 Å². The number of anilines is 2. The van der Waals surface area contributed by atoms with Crippen molar-refractivity contribution in [3.63, 3.8) is 0 Å². The molecule has 11 heteroatoms. The maximum atomic E-state index is 14.2. The van der Waals surface area contributed by atoms with E-state index in [1.807, 2.05) is 16.2 Å². The second-order valence-electron chi connectivity index (χ2n) is 6.42. The molecule has 7 nitrogen and oxygen atoms in total. The van der Waals surface area contributed by atoms with E-state index in [9.17, 15) is 17.6 Å². The molecular weight excluding hydrogens is 378 g/mol. The smallest absolute Gasteiger partial charge is 0.351 e. The van der Waals surface area contributed by atoms with Crippen LogP contribution in [0.2, 0.25) is 0 Å². The molecule has 0 unspecified atom stereocenters. The van der Waals surface area contributed by atoms with Crippen molar-refractivity contribution in [1.82, 2.24) is 24.6 Å². The standard InChI is InChI=1S/C17H17F4N7/c1-2-13-24-25-16-15(22-3-4-28(13)16)27-7-5-26(6-8-27)14-12(18)9-11(10-23-14)17(19,20)21/h3-4,9-10H,2,5-8H2,1H3. The van der Waals surface area contributed by atoms with Crippen molar-refractivity contribution in [1.29, 1.82) is 0 Å². The normalized spacial score (nSPS) is 15.5. The van der Waals surface area contributed by atoms with Gasteiger partial charge in [0.2, 0.25) is 5.65 Å². The summed E-state index contributed by atoms with van der Waals surface area (Å²) in [4.78, 5) is 11.7. The van der Waals surface area contributed by atoms with Crippen LogP contribution in [-0.2, 0) is 12.6 Å². The van der Waals surface area contributed by atoms with Crippen molar-refractivity contribution in [3.8, 4) is 0 Å². The lowest BCUT2D eigenvalue weighted by Crippen LogP contribution is -2.47.